The molecule has 0 aliphatic rings. The Morgan fingerprint density at radius 3 is 2.42 bits per heavy atom. The molecule has 0 aliphatic carbocycles. The number of nitrogens with two attached hydrogens (primary N) is 1. The molecule has 0 saturated carbocycles. The number of nitrogens with zero attached hydrogens (tertiary/aromatic N) is 1. The number of benzene rings is 1. The van der Waals surface area contributed by atoms with E-state index in [-0.39, 0.29) is 29.3 Å². The molecule has 1 aromatic carbocycles. The lowest BCUT2D eigenvalue weighted by Gasteiger charge is -2.21. The zero-order chi connectivity index (χ0) is 17.7. The maximum absolute atomic E-state index is 12.9. The number of amides is 1. The molecule has 1 aromatic heterocycles. The molecular weight excluding hydrogens is 352 g/mol. The van der Waals surface area contributed by atoms with Crippen molar-refractivity contribution in [1.29, 1.82) is 0 Å². The van der Waals surface area contributed by atoms with Crippen LogP contribution in [0.25, 0.3) is 0 Å². The highest BCUT2D eigenvalue weighted by molar-refractivity contribution is 7.89. The van der Waals surface area contributed by atoms with Gasteiger partial charge in [-0.15, -0.1) is 11.3 Å². The summed E-state index contributed by atoms with van der Waals surface area (Å²) in [6.07, 6.45) is -0.154. The first kappa shape index (κ1) is 18.1. The van der Waals surface area contributed by atoms with Gasteiger partial charge < -0.3 is 10.8 Å². The third-order valence-corrected chi connectivity index (χ3v) is 6.17. The second-order valence-corrected chi connectivity index (χ2v) is 7.78. The van der Waals surface area contributed by atoms with Gasteiger partial charge in [-0.05, 0) is 17.0 Å². The molecule has 0 radical (unpaired) electrons. The van der Waals surface area contributed by atoms with Crippen LogP contribution in [0.4, 0.5) is 0 Å². The highest BCUT2D eigenvalue weighted by Gasteiger charge is 2.30. The number of primary amides is 1. The van der Waals surface area contributed by atoms with Crippen LogP contribution in [0.5, 0.6) is 0 Å². The predicted octanol–water partition coefficient (Wildman–Crippen LogP) is 1.51. The minimum Gasteiger partial charge on any atom is -0.477 e. The summed E-state index contributed by atoms with van der Waals surface area (Å²) in [6.45, 7) is -0.104. The van der Waals surface area contributed by atoms with Crippen LogP contribution in [-0.4, -0.2) is 36.3 Å². The van der Waals surface area contributed by atoms with E-state index in [1.165, 1.54) is 11.4 Å². The number of thiophene rings is 1. The van der Waals surface area contributed by atoms with Gasteiger partial charge in [0, 0.05) is 19.5 Å². The highest BCUT2D eigenvalue weighted by atomic mass is 32.2. The van der Waals surface area contributed by atoms with Crippen LogP contribution in [0.15, 0.2) is 46.7 Å². The molecule has 0 atom stereocenters. The van der Waals surface area contributed by atoms with Gasteiger partial charge in [0.05, 0.1) is 0 Å². The van der Waals surface area contributed by atoms with Crippen molar-refractivity contribution in [3.05, 3.63) is 52.2 Å². The second-order valence-electron chi connectivity index (χ2n) is 4.96. The molecule has 0 bridgehead atoms. The molecule has 24 heavy (non-hydrogen) atoms. The smallest absolute Gasteiger partial charge is 0.347 e. The zero-order valence-electron chi connectivity index (χ0n) is 12.6. The average molecular weight is 368 g/mol. The quantitative estimate of drug-likeness (QED) is 0.732. The lowest BCUT2D eigenvalue weighted by molar-refractivity contribution is -0.118. The Balaban J connectivity index is 2.38. The third kappa shape index (κ3) is 4.19. The molecule has 3 N–H and O–H groups in total. The minimum atomic E-state index is -4.07. The summed E-state index contributed by atoms with van der Waals surface area (Å²) in [5.74, 6) is -1.94. The summed E-state index contributed by atoms with van der Waals surface area (Å²) in [4.78, 5) is 21.7. The van der Waals surface area contributed by atoms with E-state index in [1.54, 1.807) is 30.3 Å². The molecule has 1 amide bonds. The van der Waals surface area contributed by atoms with E-state index in [0.29, 0.717) is 0 Å². The van der Waals surface area contributed by atoms with Gasteiger partial charge in [0.15, 0.2) is 0 Å². The summed E-state index contributed by atoms with van der Waals surface area (Å²) in [6, 6.07) is 10.1. The van der Waals surface area contributed by atoms with E-state index in [1.807, 2.05) is 0 Å². The van der Waals surface area contributed by atoms with Gasteiger partial charge in [-0.1, -0.05) is 30.3 Å². The van der Waals surface area contributed by atoms with Crippen LogP contribution in [-0.2, 0) is 21.4 Å². The van der Waals surface area contributed by atoms with E-state index in [2.05, 4.69) is 0 Å². The molecule has 2 aromatic rings. The number of hydrogen-bond donors (Lipinski definition) is 2. The number of hydrogen-bond acceptors (Lipinski definition) is 5. The number of carbonyl (C=O) groups is 2. The van der Waals surface area contributed by atoms with Crippen molar-refractivity contribution in [3.63, 3.8) is 0 Å². The summed E-state index contributed by atoms with van der Waals surface area (Å²) >= 11 is 0.836. The first-order chi connectivity index (χ1) is 11.3. The Morgan fingerprint density at radius 2 is 1.83 bits per heavy atom. The molecule has 0 unspecified atom stereocenters. The summed E-state index contributed by atoms with van der Waals surface area (Å²) in [5.41, 5.74) is 5.84. The van der Waals surface area contributed by atoms with Gasteiger partial charge in [0.1, 0.15) is 9.77 Å². The number of aromatic carboxylic acids is 1. The van der Waals surface area contributed by atoms with Crippen molar-refractivity contribution in [3.8, 4) is 0 Å². The van der Waals surface area contributed by atoms with Crippen molar-refractivity contribution in [2.75, 3.05) is 6.54 Å². The highest BCUT2D eigenvalue weighted by Crippen LogP contribution is 2.26. The fraction of sp³-hybridized carbons (Fsp3) is 0.200. The Kier molecular flexibility index (Phi) is 5.71. The van der Waals surface area contributed by atoms with E-state index in [0.717, 1.165) is 21.2 Å². The maximum atomic E-state index is 12.9. The SMILES string of the molecule is NC(=O)CCN(Cc1ccccc1)S(=O)(=O)c1ccsc1C(=O)O. The molecule has 0 fully saturated rings. The van der Waals surface area contributed by atoms with Gasteiger partial charge in [0.25, 0.3) is 0 Å². The van der Waals surface area contributed by atoms with Gasteiger partial charge in [-0.25, -0.2) is 13.2 Å². The number of carbonyl (C=O) groups excluding carboxylic acids is 1. The normalized spacial score (nSPS) is 11.5. The van der Waals surface area contributed by atoms with E-state index in [9.17, 15) is 18.0 Å². The Labute approximate surface area is 143 Å². The van der Waals surface area contributed by atoms with Crippen LogP contribution >= 0.6 is 11.3 Å². The standard InChI is InChI=1S/C15H16N2O5S2/c16-13(18)6-8-17(10-11-4-2-1-3-5-11)24(21,22)12-7-9-23-14(12)15(19)20/h1-5,7,9H,6,8,10H2,(H2,16,18)(H,19,20). The number of sulfonamides is 1. The Bertz CT molecular complexity index is 831. The molecule has 0 saturated heterocycles. The Morgan fingerprint density at radius 1 is 1.17 bits per heavy atom. The lowest BCUT2D eigenvalue weighted by Crippen LogP contribution is -2.34. The third-order valence-electron chi connectivity index (χ3n) is 3.25. The van der Waals surface area contributed by atoms with Gasteiger partial charge >= 0.3 is 5.97 Å². The largest absolute Gasteiger partial charge is 0.477 e. The topological polar surface area (TPSA) is 118 Å². The molecule has 0 aliphatic heterocycles. The molecule has 9 heteroatoms. The fourth-order valence-corrected chi connectivity index (χ4v) is 4.76. The van der Waals surface area contributed by atoms with Crippen LogP contribution in [0.3, 0.4) is 0 Å². The van der Waals surface area contributed by atoms with Gasteiger partial charge in [-0.3, -0.25) is 4.79 Å². The second kappa shape index (κ2) is 7.56. The van der Waals surface area contributed by atoms with E-state index >= 15 is 0 Å². The molecule has 128 valence electrons. The van der Waals surface area contributed by atoms with Crippen LogP contribution < -0.4 is 5.73 Å². The van der Waals surface area contributed by atoms with E-state index in [4.69, 9.17) is 10.8 Å². The van der Waals surface area contributed by atoms with Crippen molar-refractivity contribution in [2.45, 2.75) is 17.9 Å². The molecule has 1 heterocycles. The zero-order valence-corrected chi connectivity index (χ0v) is 14.2. The first-order valence-electron chi connectivity index (χ1n) is 6.95. The van der Waals surface area contributed by atoms with Crippen molar-refractivity contribution in [1.82, 2.24) is 4.31 Å². The van der Waals surface area contributed by atoms with Crippen LogP contribution in [0.1, 0.15) is 21.7 Å². The van der Waals surface area contributed by atoms with Crippen LogP contribution in [0.2, 0.25) is 0 Å². The lowest BCUT2D eigenvalue weighted by atomic mass is 10.2. The fourth-order valence-electron chi connectivity index (χ4n) is 2.10. The molecule has 2 rings (SSSR count). The predicted molar refractivity (Wildman–Crippen MR) is 89.1 cm³/mol. The maximum Gasteiger partial charge on any atom is 0.347 e. The van der Waals surface area contributed by atoms with E-state index < -0.39 is 21.9 Å². The van der Waals surface area contributed by atoms with Gasteiger partial charge in [-0.2, -0.15) is 4.31 Å². The average Bonchev–Trinajstić information content (AvgIpc) is 3.02. The van der Waals surface area contributed by atoms with Crippen molar-refractivity contribution in [2.24, 2.45) is 5.73 Å². The molecule has 0 spiro atoms. The Hall–Kier alpha value is -2.23. The summed E-state index contributed by atoms with van der Waals surface area (Å²) < 4.78 is 26.8. The summed E-state index contributed by atoms with van der Waals surface area (Å²) in [7, 11) is -4.07. The molecular formula is C15H16N2O5S2. The minimum absolute atomic E-state index is 0.0192. The number of carboxylic acid groups (broad SMARTS) is 1. The summed E-state index contributed by atoms with van der Waals surface area (Å²) in [5, 5.41) is 10.6. The van der Waals surface area contributed by atoms with Crippen molar-refractivity contribution >= 4 is 33.2 Å². The first-order valence-corrected chi connectivity index (χ1v) is 9.27. The van der Waals surface area contributed by atoms with Crippen molar-refractivity contribution < 1.29 is 23.1 Å². The number of rotatable bonds is 8. The molecule has 7 nitrogen and oxygen atoms in total. The van der Waals surface area contributed by atoms with Crippen LogP contribution in [0, 0.1) is 0 Å². The number of carboxylic acids is 1. The monoisotopic (exact) mass is 368 g/mol. The van der Waals surface area contributed by atoms with Gasteiger partial charge in [0.2, 0.25) is 15.9 Å².